The number of rotatable bonds is 5. The smallest absolute Gasteiger partial charge is 0.259 e. The first-order chi connectivity index (χ1) is 9.90. The van der Waals surface area contributed by atoms with Crippen LogP contribution in [0.4, 0.5) is 0 Å². The molecule has 0 aliphatic rings. The van der Waals surface area contributed by atoms with Gasteiger partial charge in [-0.15, -0.1) is 0 Å². The maximum absolute atomic E-state index is 12.5. The third kappa shape index (κ3) is 3.39. The third-order valence-electron chi connectivity index (χ3n) is 3.74. The molecule has 0 radical (unpaired) electrons. The molecule has 6 nitrogen and oxygen atoms in total. The third-order valence-corrected chi connectivity index (χ3v) is 3.74. The van der Waals surface area contributed by atoms with Crippen LogP contribution >= 0.6 is 0 Å². The molecule has 0 saturated carbocycles. The van der Waals surface area contributed by atoms with Gasteiger partial charge in [0.05, 0.1) is 6.20 Å². The summed E-state index contributed by atoms with van der Waals surface area (Å²) in [6.07, 6.45) is 4.16. The fourth-order valence-corrected chi connectivity index (χ4v) is 2.09. The molecule has 2 rings (SSSR count). The quantitative estimate of drug-likeness (QED) is 0.904. The van der Waals surface area contributed by atoms with E-state index in [2.05, 4.69) is 23.9 Å². The Morgan fingerprint density at radius 3 is 2.86 bits per heavy atom. The molecule has 1 unspecified atom stereocenters. The summed E-state index contributed by atoms with van der Waals surface area (Å²) in [6, 6.07) is 1.96. The maximum atomic E-state index is 12.5. The van der Waals surface area contributed by atoms with Crippen molar-refractivity contribution in [2.45, 2.75) is 33.2 Å². The molecule has 0 aliphatic carbocycles. The van der Waals surface area contributed by atoms with Gasteiger partial charge < -0.3 is 10.6 Å². The summed E-state index contributed by atoms with van der Waals surface area (Å²) >= 11 is 0. The van der Waals surface area contributed by atoms with Gasteiger partial charge in [-0.2, -0.15) is 5.10 Å². The molecular formula is C15H23N5O. The van der Waals surface area contributed by atoms with Crippen LogP contribution in [0.3, 0.4) is 0 Å². The number of fused-ring (bicyclic) bond motifs is 1. The SMILES string of the molecule is Cc1ccn2ncc(C(=O)N(C)CCC(N)C(C)C)c2n1. The van der Waals surface area contributed by atoms with Crippen molar-refractivity contribution in [3.63, 3.8) is 0 Å². The van der Waals surface area contributed by atoms with Gasteiger partial charge >= 0.3 is 0 Å². The molecule has 114 valence electrons. The van der Waals surface area contributed by atoms with E-state index in [9.17, 15) is 4.79 Å². The summed E-state index contributed by atoms with van der Waals surface area (Å²) < 4.78 is 1.62. The number of hydrogen-bond acceptors (Lipinski definition) is 4. The molecule has 2 heterocycles. The fourth-order valence-electron chi connectivity index (χ4n) is 2.09. The molecule has 0 saturated heterocycles. The standard InChI is InChI=1S/C15H23N5O/c1-10(2)13(16)6-7-19(4)15(21)12-9-17-20-8-5-11(3)18-14(12)20/h5,8-10,13H,6-7,16H2,1-4H3. The molecule has 0 aromatic carbocycles. The highest BCUT2D eigenvalue weighted by atomic mass is 16.2. The number of aromatic nitrogens is 3. The van der Waals surface area contributed by atoms with Crippen molar-refractivity contribution in [2.75, 3.05) is 13.6 Å². The summed E-state index contributed by atoms with van der Waals surface area (Å²) in [5.74, 6) is 0.342. The lowest BCUT2D eigenvalue weighted by Gasteiger charge is -2.21. The van der Waals surface area contributed by atoms with E-state index < -0.39 is 0 Å². The van der Waals surface area contributed by atoms with Gasteiger partial charge in [-0.25, -0.2) is 9.50 Å². The maximum Gasteiger partial charge on any atom is 0.259 e. The molecule has 0 bridgehead atoms. The van der Waals surface area contributed by atoms with Gasteiger partial charge in [0.15, 0.2) is 5.65 Å². The lowest BCUT2D eigenvalue weighted by molar-refractivity contribution is 0.0791. The van der Waals surface area contributed by atoms with Gasteiger partial charge in [-0.1, -0.05) is 13.8 Å². The van der Waals surface area contributed by atoms with Crippen LogP contribution in [0.15, 0.2) is 18.5 Å². The fraction of sp³-hybridized carbons (Fsp3) is 0.533. The Labute approximate surface area is 125 Å². The monoisotopic (exact) mass is 289 g/mol. The van der Waals surface area contributed by atoms with Crippen molar-refractivity contribution in [1.82, 2.24) is 19.5 Å². The van der Waals surface area contributed by atoms with Gasteiger partial charge in [-0.3, -0.25) is 4.79 Å². The number of aryl methyl sites for hydroxylation is 1. The molecule has 0 spiro atoms. The van der Waals surface area contributed by atoms with Crippen LogP contribution in [0.25, 0.3) is 5.65 Å². The van der Waals surface area contributed by atoms with E-state index in [-0.39, 0.29) is 11.9 Å². The summed E-state index contributed by atoms with van der Waals surface area (Å²) in [5, 5.41) is 4.17. The Morgan fingerprint density at radius 2 is 2.19 bits per heavy atom. The molecule has 1 amide bonds. The van der Waals surface area contributed by atoms with E-state index in [1.165, 1.54) is 0 Å². The Bertz CT molecular complexity index is 634. The number of hydrogen-bond donors (Lipinski definition) is 1. The second-order valence-electron chi connectivity index (χ2n) is 5.82. The second kappa shape index (κ2) is 6.22. The summed E-state index contributed by atoms with van der Waals surface area (Å²) in [6.45, 7) is 6.70. The molecule has 6 heteroatoms. The Morgan fingerprint density at radius 1 is 1.48 bits per heavy atom. The minimum Gasteiger partial charge on any atom is -0.341 e. The number of nitrogens with zero attached hydrogens (tertiary/aromatic N) is 4. The Kier molecular flexibility index (Phi) is 4.57. The Balaban J connectivity index is 2.12. The lowest BCUT2D eigenvalue weighted by Crippen LogP contribution is -2.34. The first kappa shape index (κ1) is 15.4. The zero-order chi connectivity index (χ0) is 15.6. The zero-order valence-electron chi connectivity index (χ0n) is 13.1. The van der Waals surface area contributed by atoms with E-state index in [0.717, 1.165) is 12.1 Å². The van der Waals surface area contributed by atoms with Gasteiger partial charge in [0.2, 0.25) is 0 Å². The molecule has 2 aromatic heterocycles. The lowest BCUT2D eigenvalue weighted by atomic mass is 10.0. The predicted octanol–water partition coefficient (Wildman–Crippen LogP) is 1.48. The predicted molar refractivity (Wildman–Crippen MR) is 82.1 cm³/mol. The van der Waals surface area contributed by atoms with Crippen LogP contribution < -0.4 is 5.73 Å². The van der Waals surface area contributed by atoms with Gasteiger partial charge in [0.25, 0.3) is 5.91 Å². The van der Waals surface area contributed by atoms with Crippen LogP contribution in [0, 0.1) is 12.8 Å². The molecule has 0 fully saturated rings. The average molecular weight is 289 g/mol. The van der Waals surface area contributed by atoms with E-state index in [0.29, 0.717) is 23.7 Å². The number of nitrogens with two attached hydrogens (primary N) is 1. The first-order valence-electron chi connectivity index (χ1n) is 7.22. The van der Waals surface area contributed by atoms with Gasteiger partial charge in [0.1, 0.15) is 5.56 Å². The number of carbonyl (C=O) groups excluding carboxylic acids is 1. The number of amides is 1. The highest BCUT2D eigenvalue weighted by molar-refractivity contribution is 5.99. The van der Waals surface area contributed by atoms with Gasteiger partial charge in [0, 0.05) is 31.5 Å². The highest BCUT2D eigenvalue weighted by Crippen LogP contribution is 2.12. The summed E-state index contributed by atoms with van der Waals surface area (Å²) in [7, 11) is 1.79. The largest absolute Gasteiger partial charge is 0.341 e. The zero-order valence-corrected chi connectivity index (χ0v) is 13.1. The van der Waals surface area contributed by atoms with Crippen molar-refractivity contribution in [1.29, 1.82) is 0 Å². The minimum atomic E-state index is -0.0703. The van der Waals surface area contributed by atoms with Gasteiger partial charge in [-0.05, 0) is 25.3 Å². The topological polar surface area (TPSA) is 76.5 Å². The van der Waals surface area contributed by atoms with Crippen molar-refractivity contribution >= 4 is 11.6 Å². The van der Waals surface area contributed by atoms with E-state index in [1.807, 2.05) is 19.2 Å². The van der Waals surface area contributed by atoms with Crippen molar-refractivity contribution in [2.24, 2.45) is 11.7 Å². The molecule has 2 N–H and O–H groups in total. The minimum absolute atomic E-state index is 0.0703. The normalized spacial score (nSPS) is 12.9. The van der Waals surface area contributed by atoms with Crippen molar-refractivity contribution in [3.05, 3.63) is 29.7 Å². The first-order valence-corrected chi connectivity index (χ1v) is 7.22. The van der Waals surface area contributed by atoms with Crippen LogP contribution in [-0.4, -0.2) is 45.0 Å². The van der Waals surface area contributed by atoms with E-state index in [1.54, 1.807) is 22.7 Å². The highest BCUT2D eigenvalue weighted by Gasteiger charge is 2.19. The molecule has 0 aliphatic heterocycles. The number of carbonyl (C=O) groups is 1. The van der Waals surface area contributed by atoms with Crippen LogP contribution in [-0.2, 0) is 0 Å². The molecule has 2 aromatic rings. The second-order valence-corrected chi connectivity index (χ2v) is 5.82. The van der Waals surface area contributed by atoms with E-state index in [4.69, 9.17) is 5.73 Å². The van der Waals surface area contributed by atoms with Crippen LogP contribution in [0.2, 0.25) is 0 Å². The average Bonchev–Trinajstić information content (AvgIpc) is 2.86. The summed E-state index contributed by atoms with van der Waals surface area (Å²) in [4.78, 5) is 18.6. The van der Waals surface area contributed by atoms with Crippen LogP contribution in [0.1, 0.15) is 36.3 Å². The summed E-state index contributed by atoms with van der Waals surface area (Å²) in [5.41, 5.74) is 8.01. The van der Waals surface area contributed by atoms with Crippen molar-refractivity contribution in [3.8, 4) is 0 Å². The molecule has 1 atom stereocenters. The molecule has 21 heavy (non-hydrogen) atoms. The van der Waals surface area contributed by atoms with Crippen LogP contribution in [0.5, 0.6) is 0 Å². The van der Waals surface area contributed by atoms with Crippen molar-refractivity contribution < 1.29 is 4.79 Å². The molecular weight excluding hydrogens is 266 g/mol. The van der Waals surface area contributed by atoms with E-state index >= 15 is 0 Å². The Hall–Kier alpha value is -1.95.